The molecule has 6 heteroatoms. The number of hydrogen-bond acceptors (Lipinski definition) is 6. The quantitative estimate of drug-likeness (QED) is 0.146. The van der Waals surface area contributed by atoms with Crippen molar-refractivity contribution in [3.63, 3.8) is 0 Å². The third kappa shape index (κ3) is 6.60. The number of carbonyl (C=O) groups excluding carboxylic acids is 1. The van der Waals surface area contributed by atoms with Gasteiger partial charge in [0, 0.05) is 35.8 Å². The van der Waals surface area contributed by atoms with Crippen molar-refractivity contribution in [1.29, 1.82) is 0 Å². The molecule has 4 fully saturated rings. The molecule has 0 spiro atoms. The molecule has 0 bridgehead atoms. The highest BCUT2D eigenvalue weighted by Gasteiger charge is 2.63. The monoisotopic (exact) mass is 630 g/mol. The van der Waals surface area contributed by atoms with Crippen LogP contribution in [0.3, 0.4) is 0 Å². The molecule has 46 heavy (non-hydrogen) atoms. The molecular weight excluding hydrogens is 572 g/mol. The van der Waals surface area contributed by atoms with Crippen LogP contribution in [0.2, 0.25) is 0 Å². The van der Waals surface area contributed by atoms with Crippen molar-refractivity contribution in [2.24, 2.45) is 46.3 Å². The first-order valence-corrected chi connectivity index (χ1v) is 18.3. The number of esters is 1. The molecule has 10 atom stereocenters. The van der Waals surface area contributed by atoms with Crippen molar-refractivity contribution in [2.45, 2.75) is 117 Å². The molecular formula is C40H58N2O4. The minimum absolute atomic E-state index is 0.0215. The number of ether oxygens (including phenoxy) is 3. The molecule has 0 saturated heterocycles. The van der Waals surface area contributed by atoms with Gasteiger partial charge in [-0.25, -0.2) is 0 Å². The lowest BCUT2D eigenvalue weighted by atomic mass is 9.43. The summed E-state index contributed by atoms with van der Waals surface area (Å²) in [6.07, 6.45) is 13.2. The van der Waals surface area contributed by atoms with Gasteiger partial charge in [0.25, 0.3) is 0 Å². The van der Waals surface area contributed by atoms with Crippen molar-refractivity contribution < 1.29 is 19.0 Å². The molecule has 0 amide bonds. The van der Waals surface area contributed by atoms with E-state index >= 15 is 0 Å². The number of unbranched alkanes of at least 4 members (excludes halogenated alkanes) is 1. The zero-order chi connectivity index (χ0) is 32.5. The Hall–Kier alpha value is -2.89. The maximum absolute atomic E-state index is 12.4. The number of hydrogen-bond donors (Lipinski definition) is 2. The summed E-state index contributed by atoms with van der Waals surface area (Å²) in [6, 6.07) is 15.8. The first kappa shape index (κ1) is 33.0. The summed E-state index contributed by atoms with van der Waals surface area (Å²) in [4.78, 5) is 12.4. The Morgan fingerprint density at radius 3 is 2.24 bits per heavy atom. The fraction of sp³-hybridized carbons (Fsp3) is 0.675. The molecule has 2 aromatic rings. The minimum Gasteiger partial charge on any atom is -0.490 e. The predicted octanol–water partition coefficient (Wildman–Crippen LogP) is 9.07. The van der Waals surface area contributed by atoms with Crippen LogP contribution in [-0.2, 0) is 9.53 Å². The van der Waals surface area contributed by atoms with Gasteiger partial charge in [-0.3, -0.25) is 4.79 Å². The number of fused-ring (bicyclic) bond motifs is 5. The Balaban J connectivity index is 1.21. The van der Waals surface area contributed by atoms with E-state index in [2.05, 4.69) is 33.8 Å². The van der Waals surface area contributed by atoms with Crippen LogP contribution in [0.5, 0.6) is 11.5 Å². The van der Waals surface area contributed by atoms with Crippen LogP contribution < -0.4 is 20.9 Å². The molecule has 2 aromatic carbocycles. The topological polar surface area (TPSA) is 96.8 Å². The predicted molar refractivity (Wildman–Crippen MR) is 185 cm³/mol. The second-order valence-electron chi connectivity index (χ2n) is 15.9. The Labute approximate surface area is 277 Å². The van der Waals surface area contributed by atoms with E-state index in [1.165, 1.54) is 25.7 Å². The fourth-order valence-electron chi connectivity index (χ4n) is 10.9. The van der Waals surface area contributed by atoms with E-state index in [0.29, 0.717) is 54.0 Å². The van der Waals surface area contributed by atoms with Gasteiger partial charge in [-0.05, 0) is 129 Å². The molecule has 252 valence electrons. The maximum Gasteiger partial charge on any atom is 0.305 e. The summed E-state index contributed by atoms with van der Waals surface area (Å²) >= 11 is 0. The Kier molecular flexibility index (Phi) is 9.83. The SMILES string of the molecule is CCCCOC(=O)CC[C@@H](C)[C@H]1CC[C@H]2[C@@H]3CC(Oc4cccc(N)c4)C4CC(Oc5cccc(N)c5)CC[C@]4(C)[C@H]3CC[C@]12C. The van der Waals surface area contributed by atoms with Crippen LogP contribution in [0.1, 0.15) is 105 Å². The van der Waals surface area contributed by atoms with Gasteiger partial charge >= 0.3 is 5.97 Å². The largest absolute Gasteiger partial charge is 0.490 e. The molecule has 4 N–H and O–H groups in total. The van der Waals surface area contributed by atoms with E-state index in [-0.39, 0.29) is 23.6 Å². The van der Waals surface area contributed by atoms with E-state index in [0.717, 1.165) is 67.8 Å². The van der Waals surface area contributed by atoms with E-state index in [1.807, 2.05) is 42.5 Å². The van der Waals surface area contributed by atoms with Gasteiger partial charge in [0.15, 0.2) is 0 Å². The standard InChI is InChI=1S/C40H58N2O4/c1-5-6-21-44-38(43)16-13-26(2)33-14-15-34-32-25-37(46-30-12-8-10-28(42)23-30)36-24-31(45-29-11-7-9-27(41)22-29)17-19-40(36,4)35(32)18-20-39(33,34)3/h7-12,22-23,26,31-37H,5-6,13-21,24-25,41-42H2,1-4H3/t26-,31?,32+,33-,34+,35+,36?,37?,39-,40-/m1/s1. The van der Waals surface area contributed by atoms with E-state index in [9.17, 15) is 4.79 Å². The van der Waals surface area contributed by atoms with Crippen LogP contribution in [0.15, 0.2) is 48.5 Å². The van der Waals surface area contributed by atoms with Gasteiger partial charge in [0.2, 0.25) is 0 Å². The number of rotatable bonds is 11. The number of nitrogen functional groups attached to an aromatic ring is 2. The lowest BCUT2D eigenvalue weighted by molar-refractivity contribution is -0.164. The molecule has 6 nitrogen and oxygen atoms in total. The number of nitrogens with two attached hydrogens (primary N) is 2. The molecule has 0 aliphatic heterocycles. The average Bonchev–Trinajstić information content (AvgIpc) is 3.38. The summed E-state index contributed by atoms with van der Waals surface area (Å²) in [6.45, 7) is 10.3. The summed E-state index contributed by atoms with van der Waals surface area (Å²) < 4.78 is 19.1. The fourth-order valence-corrected chi connectivity index (χ4v) is 10.9. The summed E-state index contributed by atoms with van der Waals surface area (Å²) in [5, 5.41) is 0. The third-order valence-corrected chi connectivity index (χ3v) is 13.2. The molecule has 0 aromatic heterocycles. The van der Waals surface area contributed by atoms with E-state index in [1.54, 1.807) is 0 Å². The Morgan fingerprint density at radius 2 is 1.54 bits per heavy atom. The lowest BCUT2D eigenvalue weighted by Crippen LogP contribution is -2.59. The van der Waals surface area contributed by atoms with Crippen molar-refractivity contribution in [1.82, 2.24) is 0 Å². The Morgan fingerprint density at radius 1 is 0.870 bits per heavy atom. The van der Waals surface area contributed by atoms with Crippen molar-refractivity contribution in [2.75, 3.05) is 18.1 Å². The van der Waals surface area contributed by atoms with Crippen LogP contribution in [0, 0.1) is 46.3 Å². The molecule has 3 unspecified atom stereocenters. The normalized spacial score (nSPS) is 35.7. The van der Waals surface area contributed by atoms with Crippen molar-refractivity contribution in [3.8, 4) is 11.5 Å². The zero-order valence-electron chi connectivity index (χ0n) is 28.7. The highest BCUT2D eigenvalue weighted by molar-refractivity contribution is 5.69. The molecule has 6 rings (SSSR count). The van der Waals surface area contributed by atoms with Crippen LogP contribution in [0.4, 0.5) is 11.4 Å². The van der Waals surface area contributed by atoms with Gasteiger partial charge < -0.3 is 25.7 Å². The van der Waals surface area contributed by atoms with E-state index in [4.69, 9.17) is 25.7 Å². The highest BCUT2D eigenvalue weighted by Crippen LogP contribution is 2.68. The van der Waals surface area contributed by atoms with Crippen LogP contribution in [-0.4, -0.2) is 24.8 Å². The van der Waals surface area contributed by atoms with Crippen LogP contribution >= 0.6 is 0 Å². The van der Waals surface area contributed by atoms with Gasteiger partial charge in [-0.15, -0.1) is 0 Å². The molecule has 4 aliphatic rings. The minimum atomic E-state index is -0.0215. The van der Waals surface area contributed by atoms with E-state index < -0.39 is 0 Å². The van der Waals surface area contributed by atoms with Crippen molar-refractivity contribution in [3.05, 3.63) is 48.5 Å². The molecule has 4 saturated carbocycles. The third-order valence-electron chi connectivity index (χ3n) is 13.2. The van der Waals surface area contributed by atoms with Gasteiger partial charge in [0.05, 0.1) is 12.7 Å². The second-order valence-corrected chi connectivity index (χ2v) is 15.9. The smallest absolute Gasteiger partial charge is 0.305 e. The van der Waals surface area contributed by atoms with Gasteiger partial charge in [-0.1, -0.05) is 46.2 Å². The first-order valence-electron chi connectivity index (χ1n) is 18.3. The summed E-state index contributed by atoms with van der Waals surface area (Å²) in [5.74, 6) is 5.36. The van der Waals surface area contributed by atoms with Gasteiger partial charge in [-0.2, -0.15) is 0 Å². The first-order chi connectivity index (χ1) is 22.1. The second kappa shape index (κ2) is 13.7. The summed E-state index contributed by atoms with van der Waals surface area (Å²) in [5.41, 5.74) is 14.3. The highest BCUT2D eigenvalue weighted by atomic mass is 16.5. The number of carbonyl (C=O) groups is 1. The zero-order valence-corrected chi connectivity index (χ0v) is 28.7. The summed E-state index contributed by atoms with van der Waals surface area (Å²) in [7, 11) is 0. The average molecular weight is 631 g/mol. The lowest BCUT2D eigenvalue weighted by Gasteiger charge is -2.63. The Bertz CT molecular complexity index is 1350. The van der Waals surface area contributed by atoms with Crippen LogP contribution in [0.25, 0.3) is 0 Å². The van der Waals surface area contributed by atoms with Gasteiger partial charge in [0.1, 0.15) is 17.6 Å². The number of benzene rings is 2. The number of anilines is 2. The maximum atomic E-state index is 12.4. The van der Waals surface area contributed by atoms with Crippen molar-refractivity contribution >= 4 is 17.3 Å². The molecule has 4 aliphatic carbocycles. The molecule has 0 radical (unpaired) electrons. The molecule has 0 heterocycles.